The molecule has 3 aliphatic rings. The molecule has 148 valence electrons. The monoisotopic (exact) mass is 378 g/mol. The summed E-state index contributed by atoms with van der Waals surface area (Å²) in [6.45, 7) is 10.3. The van der Waals surface area contributed by atoms with Crippen molar-refractivity contribution in [2.24, 2.45) is 11.8 Å². The molecule has 1 heterocycles. The third-order valence-corrected chi connectivity index (χ3v) is 6.19. The van der Waals surface area contributed by atoms with Crippen LogP contribution in [0.25, 0.3) is 0 Å². The zero-order chi connectivity index (χ0) is 20.3. The molecule has 0 spiro atoms. The number of aliphatic hydroxyl groups excluding tert-OH is 2. The minimum atomic E-state index is -1.71. The average molecular weight is 378 g/mol. The minimum absolute atomic E-state index is 0.164. The van der Waals surface area contributed by atoms with E-state index in [1.54, 1.807) is 26.8 Å². The van der Waals surface area contributed by atoms with Crippen molar-refractivity contribution < 1.29 is 34.4 Å². The first-order valence-electron chi connectivity index (χ1n) is 9.04. The highest BCUT2D eigenvalue weighted by molar-refractivity contribution is 5.92. The van der Waals surface area contributed by atoms with Gasteiger partial charge >= 0.3 is 11.9 Å². The molecule has 27 heavy (non-hydrogen) atoms. The third kappa shape index (κ3) is 2.85. The van der Waals surface area contributed by atoms with E-state index < -0.39 is 53.8 Å². The van der Waals surface area contributed by atoms with E-state index >= 15 is 0 Å². The van der Waals surface area contributed by atoms with Gasteiger partial charge in [-0.05, 0) is 33.3 Å². The van der Waals surface area contributed by atoms with Crippen molar-refractivity contribution in [2.45, 2.75) is 64.1 Å². The second-order valence-corrected chi connectivity index (χ2v) is 7.87. The number of allylic oxidation sites excluding steroid dienone is 1. The fourth-order valence-corrected chi connectivity index (χ4v) is 4.53. The van der Waals surface area contributed by atoms with Gasteiger partial charge in [-0.15, -0.1) is 0 Å². The fraction of sp³-hybridized carbons (Fsp3) is 0.600. The molecule has 1 saturated carbocycles. The standard InChI is InChI=1S/C20H26O7/c1-6-8(2)18(23)26-11-7-9(3)12-14(20(5,25)17(22)15(12)21)16-13(11)10(4)19(24)27-16/h6,11,13-17,21-22,25H,4,7H2,1-3,5H3/b8-6-/t11-,13-,14+,15-,16+,17-,20-/m0/s1. The highest BCUT2D eigenvalue weighted by atomic mass is 16.6. The molecule has 1 aliphatic heterocycles. The molecule has 3 N–H and O–H groups in total. The van der Waals surface area contributed by atoms with E-state index in [2.05, 4.69) is 6.58 Å². The molecule has 1 saturated heterocycles. The zero-order valence-corrected chi connectivity index (χ0v) is 15.9. The Morgan fingerprint density at radius 2 is 2.04 bits per heavy atom. The molecule has 0 aromatic heterocycles. The van der Waals surface area contributed by atoms with Crippen LogP contribution >= 0.6 is 0 Å². The van der Waals surface area contributed by atoms with E-state index in [0.29, 0.717) is 16.7 Å². The number of rotatable bonds is 2. The zero-order valence-electron chi connectivity index (χ0n) is 15.9. The molecule has 0 unspecified atom stereocenters. The van der Waals surface area contributed by atoms with Crippen molar-refractivity contribution in [3.8, 4) is 0 Å². The summed E-state index contributed by atoms with van der Waals surface area (Å²) in [6, 6.07) is 0. The van der Waals surface area contributed by atoms with Gasteiger partial charge in [0.2, 0.25) is 0 Å². The van der Waals surface area contributed by atoms with Crippen molar-refractivity contribution in [3.63, 3.8) is 0 Å². The van der Waals surface area contributed by atoms with Crippen LogP contribution in [0.2, 0.25) is 0 Å². The molecule has 3 rings (SSSR count). The van der Waals surface area contributed by atoms with E-state index in [9.17, 15) is 24.9 Å². The smallest absolute Gasteiger partial charge is 0.334 e. The third-order valence-electron chi connectivity index (χ3n) is 6.19. The lowest BCUT2D eigenvalue weighted by atomic mass is 9.78. The second kappa shape index (κ2) is 6.58. The average Bonchev–Trinajstić information content (AvgIpc) is 2.93. The van der Waals surface area contributed by atoms with Crippen molar-refractivity contribution in [2.75, 3.05) is 0 Å². The van der Waals surface area contributed by atoms with E-state index in [0.717, 1.165) is 0 Å². The number of carbonyl (C=O) groups is 2. The van der Waals surface area contributed by atoms with Gasteiger partial charge in [0.1, 0.15) is 30.0 Å². The lowest BCUT2D eigenvalue weighted by Crippen LogP contribution is -2.49. The van der Waals surface area contributed by atoms with Crippen LogP contribution in [-0.2, 0) is 19.1 Å². The lowest BCUT2D eigenvalue weighted by molar-refractivity contribution is -0.155. The highest BCUT2D eigenvalue weighted by Crippen LogP contribution is 2.52. The molecular weight excluding hydrogens is 352 g/mol. The molecule has 7 nitrogen and oxygen atoms in total. The Labute approximate surface area is 158 Å². The Hall–Kier alpha value is -1.96. The lowest BCUT2D eigenvalue weighted by Gasteiger charge is -2.34. The summed E-state index contributed by atoms with van der Waals surface area (Å²) >= 11 is 0. The predicted molar refractivity (Wildman–Crippen MR) is 95.3 cm³/mol. The van der Waals surface area contributed by atoms with E-state index in [4.69, 9.17) is 9.47 Å². The van der Waals surface area contributed by atoms with Crippen LogP contribution < -0.4 is 0 Å². The van der Waals surface area contributed by atoms with Crippen LogP contribution in [0.5, 0.6) is 0 Å². The van der Waals surface area contributed by atoms with Gasteiger partial charge < -0.3 is 24.8 Å². The van der Waals surface area contributed by atoms with E-state index in [1.807, 2.05) is 0 Å². The Morgan fingerprint density at radius 1 is 1.41 bits per heavy atom. The first kappa shape index (κ1) is 19.8. The van der Waals surface area contributed by atoms with Crippen molar-refractivity contribution in [1.29, 1.82) is 0 Å². The number of fused-ring (bicyclic) bond motifs is 3. The topological polar surface area (TPSA) is 113 Å². The normalized spacial score (nSPS) is 41.8. The summed E-state index contributed by atoms with van der Waals surface area (Å²) in [5.74, 6) is -2.63. The number of hydrogen-bond acceptors (Lipinski definition) is 7. The quantitative estimate of drug-likeness (QED) is 0.370. The number of hydrogen-bond donors (Lipinski definition) is 3. The van der Waals surface area contributed by atoms with Gasteiger partial charge in [-0.2, -0.15) is 0 Å². The Bertz CT molecular complexity index is 760. The highest BCUT2D eigenvalue weighted by Gasteiger charge is 2.63. The summed E-state index contributed by atoms with van der Waals surface area (Å²) < 4.78 is 11.2. The summed E-state index contributed by atoms with van der Waals surface area (Å²) in [4.78, 5) is 24.5. The summed E-state index contributed by atoms with van der Waals surface area (Å²) in [5.41, 5.74) is 0.0168. The number of esters is 2. The van der Waals surface area contributed by atoms with Crippen LogP contribution in [0.1, 0.15) is 34.1 Å². The van der Waals surface area contributed by atoms with Gasteiger partial charge in [0, 0.05) is 17.6 Å². The molecule has 0 bridgehead atoms. The fourth-order valence-electron chi connectivity index (χ4n) is 4.53. The predicted octanol–water partition coefficient (Wildman–Crippen LogP) is 0.785. The van der Waals surface area contributed by atoms with Gasteiger partial charge in [-0.25, -0.2) is 9.59 Å². The first-order valence-corrected chi connectivity index (χ1v) is 9.04. The molecule has 2 aliphatic carbocycles. The van der Waals surface area contributed by atoms with E-state index in [1.165, 1.54) is 6.92 Å². The molecule has 2 fully saturated rings. The summed E-state index contributed by atoms with van der Waals surface area (Å²) in [5, 5.41) is 31.8. The van der Waals surface area contributed by atoms with E-state index in [-0.39, 0.29) is 12.0 Å². The number of carbonyl (C=O) groups excluding carboxylic acids is 2. The van der Waals surface area contributed by atoms with Crippen LogP contribution in [0.15, 0.2) is 34.9 Å². The van der Waals surface area contributed by atoms with Gasteiger partial charge in [0.25, 0.3) is 0 Å². The maximum absolute atomic E-state index is 12.3. The van der Waals surface area contributed by atoms with Crippen molar-refractivity contribution in [1.82, 2.24) is 0 Å². The van der Waals surface area contributed by atoms with Gasteiger partial charge in [-0.1, -0.05) is 18.2 Å². The van der Waals surface area contributed by atoms with Gasteiger partial charge in [0.15, 0.2) is 0 Å². The molecule has 0 amide bonds. The molecule has 0 aromatic rings. The SMILES string of the molecule is C=C1C(=O)O[C@@H]2[C@@H]1[C@@H](OC(=O)/C(C)=C\C)CC(C)=C1[C@H]2[C@](C)(O)[C@@H](O)[C@H]1O. The van der Waals surface area contributed by atoms with Crippen molar-refractivity contribution in [3.05, 3.63) is 34.9 Å². The van der Waals surface area contributed by atoms with Crippen LogP contribution in [0.4, 0.5) is 0 Å². The van der Waals surface area contributed by atoms with Gasteiger partial charge in [-0.3, -0.25) is 0 Å². The van der Waals surface area contributed by atoms with Crippen molar-refractivity contribution >= 4 is 11.9 Å². The summed E-state index contributed by atoms with van der Waals surface area (Å²) in [6.07, 6.45) is -2.44. The second-order valence-electron chi connectivity index (χ2n) is 7.87. The van der Waals surface area contributed by atoms with Crippen LogP contribution in [0, 0.1) is 11.8 Å². The molecule has 0 radical (unpaired) electrons. The maximum Gasteiger partial charge on any atom is 0.334 e. The number of aliphatic hydroxyl groups is 3. The Morgan fingerprint density at radius 3 is 2.63 bits per heavy atom. The molecular formula is C20H26O7. The maximum atomic E-state index is 12.3. The largest absolute Gasteiger partial charge is 0.458 e. The number of ether oxygens (including phenoxy) is 2. The minimum Gasteiger partial charge on any atom is -0.458 e. The molecule has 7 heteroatoms. The Balaban J connectivity index is 2.09. The molecule has 0 aromatic carbocycles. The first-order chi connectivity index (χ1) is 12.5. The van der Waals surface area contributed by atoms with Gasteiger partial charge in [0.05, 0.1) is 11.8 Å². The van der Waals surface area contributed by atoms with Crippen LogP contribution in [0.3, 0.4) is 0 Å². The Kier molecular flexibility index (Phi) is 4.82. The van der Waals surface area contributed by atoms with Crippen LogP contribution in [-0.4, -0.2) is 57.3 Å². The molecule has 7 atom stereocenters. The summed E-state index contributed by atoms with van der Waals surface area (Å²) in [7, 11) is 0.